The molecule has 1 amide bonds. The first-order chi connectivity index (χ1) is 13.1. The van der Waals surface area contributed by atoms with Gasteiger partial charge < -0.3 is 24.6 Å². The second kappa shape index (κ2) is 7.44. The molecule has 27 heavy (non-hydrogen) atoms. The fourth-order valence-electron chi connectivity index (χ4n) is 3.55. The third-order valence-electron chi connectivity index (χ3n) is 5.07. The van der Waals surface area contributed by atoms with Crippen LogP contribution in [0.5, 0.6) is 17.2 Å². The number of ether oxygens (including phenoxy) is 3. The molecule has 1 fully saturated rings. The van der Waals surface area contributed by atoms with Crippen LogP contribution in [0.3, 0.4) is 0 Å². The van der Waals surface area contributed by atoms with Crippen LogP contribution in [0.25, 0.3) is 0 Å². The predicted octanol–water partition coefficient (Wildman–Crippen LogP) is 1.99. The molecule has 1 aliphatic carbocycles. The number of amides is 1. The smallest absolute Gasteiger partial charge is 0.231 e. The van der Waals surface area contributed by atoms with Crippen molar-refractivity contribution in [3.63, 3.8) is 0 Å². The Balaban J connectivity index is 1.48. The van der Waals surface area contributed by atoms with E-state index in [4.69, 9.17) is 14.2 Å². The zero-order chi connectivity index (χ0) is 18.8. The molecular weight excluding hydrogens is 348 g/mol. The van der Waals surface area contributed by atoms with E-state index in [1.54, 1.807) is 19.5 Å². The SMILES string of the molecule is COc1cncc([C@H](NC(=O)Cc2ccc3c(c2)OCO3)C2CC(O)C2)c1. The summed E-state index contributed by atoms with van der Waals surface area (Å²) in [6.07, 6.45) is 4.61. The van der Waals surface area contributed by atoms with E-state index in [9.17, 15) is 9.90 Å². The average Bonchev–Trinajstić information content (AvgIpc) is 3.11. The number of rotatable bonds is 6. The van der Waals surface area contributed by atoms with Gasteiger partial charge >= 0.3 is 0 Å². The first-order valence-corrected chi connectivity index (χ1v) is 8.97. The second-order valence-corrected chi connectivity index (χ2v) is 6.95. The van der Waals surface area contributed by atoms with E-state index in [0.29, 0.717) is 30.1 Å². The summed E-state index contributed by atoms with van der Waals surface area (Å²) in [6, 6.07) is 7.18. The normalized spacial score (nSPS) is 21.3. The van der Waals surface area contributed by atoms with Crippen LogP contribution in [0.4, 0.5) is 0 Å². The number of pyridine rings is 1. The maximum Gasteiger partial charge on any atom is 0.231 e. The number of fused-ring (bicyclic) bond motifs is 1. The molecule has 1 aromatic heterocycles. The molecule has 7 nitrogen and oxygen atoms in total. The van der Waals surface area contributed by atoms with Crippen LogP contribution >= 0.6 is 0 Å². The highest BCUT2D eigenvalue weighted by Gasteiger charge is 2.36. The number of aliphatic hydroxyl groups is 1. The van der Waals surface area contributed by atoms with Crippen molar-refractivity contribution in [3.8, 4) is 17.2 Å². The lowest BCUT2D eigenvalue weighted by Crippen LogP contribution is -2.41. The van der Waals surface area contributed by atoms with Crippen LogP contribution in [0.2, 0.25) is 0 Å². The summed E-state index contributed by atoms with van der Waals surface area (Å²) in [6.45, 7) is 0.208. The molecule has 0 unspecified atom stereocenters. The van der Waals surface area contributed by atoms with Gasteiger partial charge in [0.1, 0.15) is 5.75 Å². The van der Waals surface area contributed by atoms with Crippen LogP contribution in [0.1, 0.15) is 30.0 Å². The van der Waals surface area contributed by atoms with E-state index >= 15 is 0 Å². The highest BCUT2D eigenvalue weighted by atomic mass is 16.7. The molecule has 1 atom stereocenters. The molecule has 1 aromatic carbocycles. The van der Waals surface area contributed by atoms with Crippen LogP contribution in [-0.4, -0.2) is 36.0 Å². The minimum Gasteiger partial charge on any atom is -0.495 e. The van der Waals surface area contributed by atoms with Gasteiger partial charge in [0, 0.05) is 6.20 Å². The number of carbonyl (C=O) groups is 1. The molecule has 0 spiro atoms. The first-order valence-electron chi connectivity index (χ1n) is 8.97. The zero-order valence-electron chi connectivity index (χ0n) is 15.1. The number of aliphatic hydroxyl groups excluding tert-OH is 1. The number of nitrogens with one attached hydrogen (secondary N) is 1. The molecule has 7 heteroatoms. The number of nitrogens with zero attached hydrogens (tertiary/aromatic N) is 1. The van der Waals surface area contributed by atoms with Gasteiger partial charge in [-0.3, -0.25) is 9.78 Å². The van der Waals surface area contributed by atoms with Crippen molar-refractivity contribution in [3.05, 3.63) is 47.8 Å². The van der Waals surface area contributed by atoms with Gasteiger partial charge in [-0.2, -0.15) is 0 Å². The van der Waals surface area contributed by atoms with E-state index < -0.39 is 0 Å². The maximum absolute atomic E-state index is 12.7. The number of hydrogen-bond donors (Lipinski definition) is 2. The monoisotopic (exact) mass is 370 g/mol. The standard InChI is InChI=1S/C20H22N2O5/c1-25-16-8-14(9-21-10-16)20(13-6-15(23)7-13)22-19(24)5-12-2-3-17-18(4-12)27-11-26-17/h2-4,8-10,13,15,20,23H,5-7,11H2,1H3,(H,22,24)/t13?,15?,20-/m1/s1. The Morgan fingerprint density at radius 1 is 1.30 bits per heavy atom. The summed E-state index contributed by atoms with van der Waals surface area (Å²) in [7, 11) is 1.58. The largest absolute Gasteiger partial charge is 0.495 e. The van der Waals surface area contributed by atoms with E-state index in [1.807, 2.05) is 24.3 Å². The van der Waals surface area contributed by atoms with Gasteiger partial charge in [0.05, 0.1) is 31.9 Å². The topological polar surface area (TPSA) is 89.9 Å². The molecule has 1 saturated carbocycles. The van der Waals surface area contributed by atoms with Crippen LogP contribution in [0.15, 0.2) is 36.7 Å². The number of benzene rings is 1. The van der Waals surface area contributed by atoms with Crippen LogP contribution in [-0.2, 0) is 11.2 Å². The Hall–Kier alpha value is -2.80. The zero-order valence-corrected chi connectivity index (χ0v) is 15.1. The predicted molar refractivity (Wildman–Crippen MR) is 96.7 cm³/mol. The van der Waals surface area contributed by atoms with Crippen molar-refractivity contribution in [2.75, 3.05) is 13.9 Å². The van der Waals surface area contributed by atoms with Crippen LogP contribution < -0.4 is 19.5 Å². The van der Waals surface area contributed by atoms with Crippen molar-refractivity contribution < 1.29 is 24.1 Å². The minimum absolute atomic E-state index is 0.0944. The highest BCUT2D eigenvalue weighted by molar-refractivity contribution is 5.79. The minimum atomic E-state index is -0.304. The molecule has 1 aliphatic heterocycles. The van der Waals surface area contributed by atoms with Gasteiger partial charge in [0.25, 0.3) is 0 Å². The van der Waals surface area contributed by atoms with E-state index in [1.165, 1.54) is 0 Å². The Bertz CT molecular complexity index is 835. The molecule has 4 rings (SSSR count). The summed E-state index contributed by atoms with van der Waals surface area (Å²) >= 11 is 0. The number of hydrogen-bond acceptors (Lipinski definition) is 6. The summed E-state index contributed by atoms with van der Waals surface area (Å²) in [5.74, 6) is 2.08. The van der Waals surface area contributed by atoms with Crippen molar-refractivity contribution in [2.24, 2.45) is 5.92 Å². The Kier molecular flexibility index (Phi) is 4.85. The Morgan fingerprint density at radius 3 is 2.89 bits per heavy atom. The number of carbonyl (C=O) groups excluding carboxylic acids is 1. The van der Waals surface area contributed by atoms with Gasteiger partial charge in [0.15, 0.2) is 11.5 Å². The second-order valence-electron chi connectivity index (χ2n) is 6.95. The molecule has 2 aromatic rings. The van der Waals surface area contributed by atoms with Gasteiger partial charge in [-0.05, 0) is 48.1 Å². The van der Waals surface area contributed by atoms with Crippen molar-refractivity contribution >= 4 is 5.91 Å². The van der Waals surface area contributed by atoms with Crippen molar-refractivity contribution in [1.82, 2.24) is 10.3 Å². The summed E-state index contributed by atoms with van der Waals surface area (Å²) in [4.78, 5) is 16.9. The average molecular weight is 370 g/mol. The lowest BCUT2D eigenvalue weighted by atomic mass is 9.75. The fraction of sp³-hybridized carbons (Fsp3) is 0.400. The number of methoxy groups -OCH3 is 1. The van der Waals surface area contributed by atoms with E-state index in [2.05, 4.69) is 10.3 Å². The Labute approximate surface area is 157 Å². The van der Waals surface area contributed by atoms with E-state index in [0.717, 1.165) is 11.1 Å². The maximum atomic E-state index is 12.7. The first kappa shape index (κ1) is 17.6. The Morgan fingerprint density at radius 2 is 2.11 bits per heavy atom. The van der Waals surface area contributed by atoms with Gasteiger partial charge in [-0.25, -0.2) is 0 Å². The molecular formula is C20H22N2O5. The lowest BCUT2D eigenvalue weighted by molar-refractivity contribution is -0.122. The van der Waals surface area contributed by atoms with E-state index in [-0.39, 0.29) is 37.2 Å². The quantitative estimate of drug-likeness (QED) is 0.808. The third kappa shape index (κ3) is 3.83. The van der Waals surface area contributed by atoms with Gasteiger partial charge in [0.2, 0.25) is 12.7 Å². The third-order valence-corrected chi connectivity index (χ3v) is 5.07. The summed E-state index contributed by atoms with van der Waals surface area (Å²) in [5.41, 5.74) is 1.73. The highest BCUT2D eigenvalue weighted by Crippen LogP contribution is 2.38. The summed E-state index contributed by atoms with van der Waals surface area (Å²) in [5, 5.41) is 12.8. The van der Waals surface area contributed by atoms with Gasteiger partial charge in [-0.15, -0.1) is 0 Å². The number of aromatic nitrogens is 1. The molecule has 2 aliphatic rings. The van der Waals surface area contributed by atoms with Gasteiger partial charge in [-0.1, -0.05) is 6.07 Å². The molecule has 0 saturated heterocycles. The van der Waals surface area contributed by atoms with Crippen molar-refractivity contribution in [2.45, 2.75) is 31.4 Å². The molecule has 142 valence electrons. The lowest BCUT2D eigenvalue weighted by Gasteiger charge is -2.38. The van der Waals surface area contributed by atoms with Crippen LogP contribution in [0, 0.1) is 5.92 Å². The molecule has 0 radical (unpaired) electrons. The fourth-order valence-corrected chi connectivity index (χ4v) is 3.55. The van der Waals surface area contributed by atoms with Crippen molar-refractivity contribution in [1.29, 1.82) is 0 Å². The molecule has 2 N–H and O–H groups in total. The molecule has 0 bridgehead atoms. The molecule has 2 heterocycles. The summed E-state index contributed by atoms with van der Waals surface area (Å²) < 4.78 is 15.9.